The number of aromatic nitrogens is 2. The number of para-hydroxylation sites is 2. The smallest absolute Gasteiger partial charge is 0.266 e. The summed E-state index contributed by atoms with van der Waals surface area (Å²) >= 11 is 7.60. The number of carbonyl (C=O) groups excluding carboxylic acids is 3. The predicted octanol–water partition coefficient (Wildman–Crippen LogP) is 3.10. The second-order valence-electron chi connectivity index (χ2n) is 7.21. The first-order valence-corrected chi connectivity index (χ1v) is 12.8. The van der Waals surface area contributed by atoms with Gasteiger partial charge in [0.1, 0.15) is 16.6 Å². The van der Waals surface area contributed by atoms with Gasteiger partial charge >= 0.3 is 0 Å². The van der Waals surface area contributed by atoms with E-state index in [0.29, 0.717) is 16.7 Å². The maximum atomic E-state index is 12.7. The van der Waals surface area contributed by atoms with E-state index in [1.807, 2.05) is 55.5 Å². The van der Waals surface area contributed by atoms with Crippen molar-refractivity contribution >= 4 is 74.9 Å². The maximum Gasteiger partial charge on any atom is 0.266 e. The summed E-state index contributed by atoms with van der Waals surface area (Å²) < 4.78 is 5.69. The van der Waals surface area contributed by atoms with Crippen LogP contribution < -0.4 is 15.6 Å². The predicted molar refractivity (Wildman–Crippen MR) is 141 cm³/mol. The number of thiocarbonyl (C=S) groups is 1. The fraction of sp³-hybridized carbons (Fsp3) is 0.174. The normalized spacial score (nSPS) is 14.5. The number of thioether (sulfide) groups is 2. The monoisotopic (exact) mass is 527 g/mol. The number of nitrogens with zero attached hydrogens (tertiary/aromatic N) is 2. The minimum absolute atomic E-state index is 0.0476. The molecule has 1 aromatic heterocycles. The Morgan fingerprint density at radius 1 is 1.17 bits per heavy atom. The summed E-state index contributed by atoms with van der Waals surface area (Å²) in [6.07, 6.45) is 1.71. The van der Waals surface area contributed by atoms with E-state index in [4.69, 9.17) is 17.0 Å². The molecule has 0 unspecified atom stereocenters. The fourth-order valence-electron chi connectivity index (χ4n) is 3.10. The highest BCUT2D eigenvalue weighted by Gasteiger charge is 2.33. The van der Waals surface area contributed by atoms with Crippen LogP contribution in [-0.2, 0) is 14.4 Å². The van der Waals surface area contributed by atoms with E-state index in [-0.39, 0.29) is 22.5 Å². The van der Waals surface area contributed by atoms with Crippen LogP contribution in [0.1, 0.15) is 12.5 Å². The number of amides is 3. The van der Waals surface area contributed by atoms with E-state index >= 15 is 0 Å². The molecule has 0 bridgehead atoms. The highest BCUT2D eigenvalue weighted by Crippen LogP contribution is 2.32. The molecule has 1 aliphatic heterocycles. The van der Waals surface area contributed by atoms with Crippen LogP contribution in [0, 0.1) is 0 Å². The highest BCUT2D eigenvalue weighted by atomic mass is 32.2. The third-order valence-electron chi connectivity index (χ3n) is 4.71. The second-order valence-corrected chi connectivity index (χ2v) is 9.85. The van der Waals surface area contributed by atoms with Crippen molar-refractivity contribution in [1.82, 2.24) is 25.7 Å². The van der Waals surface area contributed by atoms with Gasteiger partial charge in [0.15, 0.2) is 5.16 Å². The van der Waals surface area contributed by atoms with Crippen LogP contribution in [0.25, 0.3) is 17.1 Å². The number of ether oxygens (including phenoxy) is 1. The van der Waals surface area contributed by atoms with Crippen LogP contribution in [0.15, 0.2) is 58.6 Å². The Bertz CT molecular complexity index is 1270. The number of hydrogen-bond acceptors (Lipinski definition) is 8. The number of rotatable bonds is 8. The van der Waals surface area contributed by atoms with Gasteiger partial charge in [-0.25, -0.2) is 4.98 Å². The number of fused-ring (bicyclic) bond motifs is 1. The van der Waals surface area contributed by atoms with E-state index in [0.717, 1.165) is 34.1 Å². The Balaban J connectivity index is 1.25. The zero-order chi connectivity index (χ0) is 24.8. The van der Waals surface area contributed by atoms with Crippen LogP contribution in [0.3, 0.4) is 0 Å². The molecule has 3 aromatic rings. The van der Waals surface area contributed by atoms with Crippen molar-refractivity contribution in [2.24, 2.45) is 0 Å². The molecule has 3 amide bonds. The maximum absolute atomic E-state index is 12.7. The molecule has 2 heterocycles. The minimum Gasteiger partial charge on any atom is -0.494 e. The summed E-state index contributed by atoms with van der Waals surface area (Å²) in [6, 6.07) is 14.9. The van der Waals surface area contributed by atoms with Gasteiger partial charge in [0, 0.05) is 0 Å². The van der Waals surface area contributed by atoms with Gasteiger partial charge in [0.25, 0.3) is 11.8 Å². The van der Waals surface area contributed by atoms with Gasteiger partial charge in [-0.3, -0.25) is 30.1 Å². The molecular formula is C23H21N5O4S3. The van der Waals surface area contributed by atoms with Gasteiger partial charge in [0.05, 0.1) is 28.3 Å². The molecule has 35 heavy (non-hydrogen) atoms. The molecule has 12 heteroatoms. The van der Waals surface area contributed by atoms with E-state index < -0.39 is 11.8 Å². The average Bonchev–Trinajstić information content (AvgIpc) is 3.38. The first kappa shape index (κ1) is 24.8. The van der Waals surface area contributed by atoms with Crippen molar-refractivity contribution in [2.75, 3.05) is 18.9 Å². The summed E-state index contributed by atoms with van der Waals surface area (Å²) in [4.78, 5) is 46.3. The number of carbonyl (C=O) groups is 3. The third kappa shape index (κ3) is 6.41. The molecule has 180 valence electrons. The number of imidazole rings is 1. The Morgan fingerprint density at radius 3 is 2.66 bits per heavy atom. The molecular weight excluding hydrogens is 506 g/mol. The minimum atomic E-state index is -0.564. The lowest BCUT2D eigenvalue weighted by Gasteiger charge is -2.14. The van der Waals surface area contributed by atoms with Crippen molar-refractivity contribution in [3.8, 4) is 5.75 Å². The van der Waals surface area contributed by atoms with E-state index in [1.54, 1.807) is 6.08 Å². The summed E-state index contributed by atoms with van der Waals surface area (Å²) in [6.45, 7) is 2.17. The van der Waals surface area contributed by atoms with Gasteiger partial charge in [-0.1, -0.05) is 60.0 Å². The molecule has 1 aliphatic rings. The van der Waals surface area contributed by atoms with Gasteiger partial charge in [-0.2, -0.15) is 0 Å². The zero-order valence-corrected chi connectivity index (χ0v) is 21.0. The highest BCUT2D eigenvalue weighted by molar-refractivity contribution is 8.26. The number of benzene rings is 2. The van der Waals surface area contributed by atoms with Crippen LogP contribution in [-0.4, -0.2) is 55.8 Å². The second kappa shape index (κ2) is 11.4. The van der Waals surface area contributed by atoms with Crippen LogP contribution in [0.4, 0.5) is 0 Å². The first-order chi connectivity index (χ1) is 16.9. The molecule has 9 nitrogen and oxygen atoms in total. The Labute approximate surface area is 215 Å². The zero-order valence-electron chi connectivity index (χ0n) is 18.6. The number of nitrogens with one attached hydrogen (secondary N) is 3. The summed E-state index contributed by atoms with van der Waals surface area (Å²) in [7, 11) is 0. The largest absolute Gasteiger partial charge is 0.494 e. The summed E-state index contributed by atoms with van der Waals surface area (Å²) in [5.74, 6) is -0.551. The van der Waals surface area contributed by atoms with Crippen molar-refractivity contribution in [1.29, 1.82) is 0 Å². The summed E-state index contributed by atoms with van der Waals surface area (Å²) in [5.41, 5.74) is 7.16. The summed E-state index contributed by atoms with van der Waals surface area (Å²) in [5, 5.41) is 0.601. The number of H-pyrrole nitrogens is 1. The molecule has 0 radical (unpaired) electrons. The fourth-order valence-corrected chi connectivity index (χ4v) is 5.05. The topological polar surface area (TPSA) is 116 Å². The lowest BCUT2D eigenvalue weighted by Crippen LogP contribution is -2.47. The molecule has 1 fully saturated rings. The van der Waals surface area contributed by atoms with Crippen molar-refractivity contribution in [2.45, 2.75) is 12.1 Å². The Morgan fingerprint density at radius 2 is 1.91 bits per heavy atom. The SMILES string of the molecule is CCOc1ccc(C=C2SC(=S)N(CC(=O)NNC(=O)CSc3nc4ccccc4[nH]3)C2=O)cc1. The number of aromatic amines is 1. The molecule has 3 N–H and O–H groups in total. The van der Waals surface area contributed by atoms with E-state index in [9.17, 15) is 14.4 Å². The van der Waals surface area contributed by atoms with Crippen LogP contribution >= 0.6 is 35.7 Å². The molecule has 2 aromatic carbocycles. The number of hydrazine groups is 1. The Hall–Kier alpha value is -3.35. The molecule has 0 atom stereocenters. The van der Waals surface area contributed by atoms with Gasteiger partial charge < -0.3 is 9.72 Å². The standard InChI is InChI=1S/C23H21N5O4S3/c1-2-32-15-9-7-14(8-10-15)11-18-21(31)28(23(33)35-18)12-19(29)26-27-20(30)13-34-22-24-16-5-3-4-6-17(16)25-22/h3-11H,2,12-13H2,1H3,(H,24,25)(H,26,29)(H,27,30). The van der Waals surface area contributed by atoms with Crippen LogP contribution in [0.2, 0.25) is 0 Å². The van der Waals surface area contributed by atoms with Gasteiger partial charge in [-0.15, -0.1) is 0 Å². The number of hydrogen-bond donors (Lipinski definition) is 3. The van der Waals surface area contributed by atoms with Crippen molar-refractivity contribution in [3.63, 3.8) is 0 Å². The lowest BCUT2D eigenvalue weighted by atomic mass is 10.2. The van der Waals surface area contributed by atoms with Crippen molar-refractivity contribution < 1.29 is 19.1 Å². The molecule has 0 spiro atoms. The molecule has 4 rings (SSSR count). The van der Waals surface area contributed by atoms with E-state index in [2.05, 4.69) is 20.8 Å². The van der Waals surface area contributed by atoms with E-state index in [1.165, 1.54) is 16.7 Å². The first-order valence-electron chi connectivity index (χ1n) is 10.6. The van der Waals surface area contributed by atoms with Crippen molar-refractivity contribution in [3.05, 3.63) is 59.0 Å². The third-order valence-corrected chi connectivity index (χ3v) is 6.96. The van der Waals surface area contributed by atoms with Gasteiger partial charge in [-0.05, 0) is 42.8 Å². The lowest BCUT2D eigenvalue weighted by molar-refractivity contribution is -0.131. The molecule has 0 saturated carbocycles. The van der Waals surface area contributed by atoms with Crippen LogP contribution in [0.5, 0.6) is 5.75 Å². The van der Waals surface area contributed by atoms with Gasteiger partial charge in [0.2, 0.25) is 5.91 Å². The Kier molecular flexibility index (Phi) is 8.06. The molecule has 1 saturated heterocycles. The molecule has 0 aliphatic carbocycles. The average molecular weight is 528 g/mol. The quantitative estimate of drug-likeness (QED) is 0.177.